The van der Waals surface area contributed by atoms with Crippen LogP contribution in [0.15, 0.2) is 12.1 Å². The zero-order chi connectivity index (χ0) is 14.1. The number of nitrogens with two attached hydrogens (primary N) is 1. The van der Waals surface area contributed by atoms with Gasteiger partial charge in [0.2, 0.25) is 0 Å². The minimum absolute atomic E-state index is 0.499. The van der Waals surface area contributed by atoms with Gasteiger partial charge < -0.3 is 25.0 Å². The molecule has 20 heavy (non-hydrogen) atoms. The first kappa shape index (κ1) is 13.4. The molecule has 1 aromatic rings. The summed E-state index contributed by atoms with van der Waals surface area (Å²) in [4.78, 5) is 4.65. The van der Waals surface area contributed by atoms with Crippen LogP contribution < -0.4 is 20.1 Å². The highest BCUT2D eigenvalue weighted by Gasteiger charge is 2.24. The fraction of sp³-hybridized carbons (Fsp3) is 0.600. The average Bonchev–Trinajstić information content (AvgIpc) is 2.46. The van der Waals surface area contributed by atoms with E-state index in [1.54, 1.807) is 0 Å². The molecule has 1 fully saturated rings. The van der Waals surface area contributed by atoms with Gasteiger partial charge >= 0.3 is 0 Å². The lowest BCUT2D eigenvalue weighted by Gasteiger charge is -2.38. The van der Waals surface area contributed by atoms with Crippen molar-refractivity contribution < 1.29 is 9.47 Å². The summed E-state index contributed by atoms with van der Waals surface area (Å²) in [6, 6.07) is 4.39. The minimum atomic E-state index is 0.499. The maximum Gasteiger partial charge on any atom is 0.163 e. The molecule has 2 heterocycles. The number of hydrogen-bond donors (Lipinski definition) is 1. The first-order chi connectivity index (χ1) is 9.65. The van der Waals surface area contributed by atoms with Crippen molar-refractivity contribution in [2.24, 2.45) is 0 Å². The van der Waals surface area contributed by atoms with E-state index in [1.165, 1.54) is 19.4 Å². The predicted molar refractivity (Wildman–Crippen MR) is 80.8 cm³/mol. The number of likely N-dealkylation sites (tertiary alicyclic amines) is 1. The molecule has 5 heteroatoms. The molecule has 5 nitrogen and oxygen atoms in total. The molecule has 1 saturated heterocycles. The smallest absolute Gasteiger partial charge is 0.163 e. The van der Waals surface area contributed by atoms with Crippen LogP contribution in [-0.4, -0.2) is 51.3 Å². The maximum absolute atomic E-state index is 6.20. The molecule has 2 aliphatic heterocycles. The van der Waals surface area contributed by atoms with Crippen LogP contribution in [0.3, 0.4) is 0 Å². The molecule has 2 N–H and O–H groups in total. The highest BCUT2D eigenvalue weighted by Crippen LogP contribution is 2.39. The van der Waals surface area contributed by atoms with Gasteiger partial charge in [-0.3, -0.25) is 0 Å². The van der Waals surface area contributed by atoms with E-state index in [-0.39, 0.29) is 0 Å². The van der Waals surface area contributed by atoms with Crippen molar-refractivity contribution in [3.63, 3.8) is 0 Å². The van der Waals surface area contributed by atoms with Crippen LogP contribution in [0, 0.1) is 0 Å². The lowest BCUT2D eigenvalue weighted by atomic mass is 10.0. The fourth-order valence-corrected chi connectivity index (χ4v) is 3.05. The van der Waals surface area contributed by atoms with Gasteiger partial charge in [-0.15, -0.1) is 0 Å². The van der Waals surface area contributed by atoms with Crippen molar-refractivity contribution in [2.45, 2.75) is 18.9 Å². The Morgan fingerprint density at radius 1 is 1.25 bits per heavy atom. The van der Waals surface area contributed by atoms with Crippen LogP contribution in [0.2, 0.25) is 0 Å². The molecule has 0 saturated carbocycles. The van der Waals surface area contributed by atoms with Crippen LogP contribution in [0.25, 0.3) is 0 Å². The van der Waals surface area contributed by atoms with Gasteiger partial charge in [-0.05, 0) is 26.4 Å². The minimum Gasteiger partial charge on any atom is -0.486 e. The molecule has 0 aliphatic carbocycles. The van der Waals surface area contributed by atoms with E-state index >= 15 is 0 Å². The van der Waals surface area contributed by atoms with Crippen molar-refractivity contribution in [3.8, 4) is 11.5 Å². The fourth-order valence-electron chi connectivity index (χ4n) is 3.05. The lowest BCUT2D eigenvalue weighted by molar-refractivity contribution is 0.171. The van der Waals surface area contributed by atoms with E-state index < -0.39 is 0 Å². The third-order valence-electron chi connectivity index (χ3n) is 4.22. The van der Waals surface area contributed by atoms with Crippen LogP contribution in [0.4, 0.5) is 11.4 Å². The topological polar surface area (TPSA) is 51.0 Å². The number of fused-ring (bicyclic) bond motifs is 1. The Labute approximate surface area is 120 Å². The Bertz CT molecular complexity index is 492. The second-order valence-electron chi connectivity index (χ2n) is 5.72. The quantitative estimate of drug-likeness (QED) is 0.832. The molecule has 1 aromatic carbocycles. The summed E-state index contributed by atoms with van der Waals surface area (Å²) < 4.78 is 11.2. The van der Waals surface area contributed by atoms with Gasteiger partial charge in [0.05, 0.1) is 11.4 Å². The van der Waals surface area contributed by atoms with Gasteiger partial charge in [0.25, 0.3) is 0 Å². The van der Waals surface area contributed by atoms with Crippen LogP contribution in [0.5, 0.6) is 11.5 Å². The van der Waals surface area contributed by atoms with Crippen molar-refractivity contribution in [1.82, 2.24) is 4.90 Å². The Morgan fingerprint density at radius 3 is 2.65 bits per heavy atom. The second kappa shape index (κ2) is 5.40. The van der Waals surface area contributed by atoms with Gasteiger partial charge in [0.1, 0.15) is 13.2 Å². The van der Waals surface area contributed by atoms with Gasteiger partial charge in [0.15, 0.2) is 11.5 Å². The standard InChI is InChI=1S/C15H23N3O2/c1-17-5-3-4-11(10-17)18(2)13-9-15-14(8-12(13)16)19-6-7-20-15/h8-9,11H,3-7,10,16H2,1-2H3. The predicted octanol–water partition coefficient (Wildman–Crippen LogP) is 1.57. The molecule has 1 unspecified atom stereocenters. The number of rotatable bonds is 2. The summed E-state index contributed by atoms with van der Waals surface area (Å²) in [5.74, 6) is 1.56. The highest BCUT2D eigenvalue weighted by molar-refractivity contribution is 5.73. The number of nitrogens with zero attached hydrogens (tertiary/aromatic N) is 2. The van der Waals surface area contributed by atoms with Gasteiger partial charge in [-0.2, -0.15) is 0 Å². The number of likely N-dealkylation sites (N-methyl/N-ethyl adjacent to an activating group) is 2. The number of hydrogen-bond acceptors (Lipinski definition) is 5. The lowest BCUT2D eigenvalue weighted by Crippen LogP contribution is -2.45. The molecular weight excluding hydrogens is 254 g/mol. The van der Waals surface area contributed by atoms with E-state index in [1.807, 2.05) is 12.1 Å². The molecule has 0 aromatic heterocycles. The normalized spacial score (nSPS) is 22.6. The second-order valence-corrected chi connectivity index (χ2v) is 5.72. The number of nitrogen functional groups attached to an aromatic ring is 1. The Hall–Kier alpha value is -1.62. The molecule has 3 rings (SSSR count). The van der Waals surface area contributed by atoms with Crippen LogP contribution in [-0.2, 0) is 0 Å². The number of ether oxygens (including phenoxy) is 2. The third-order valence-corrected chi connectivity index (χ3v) is 4.22. The Balaban J connectivity index is 1.85. The Morgan fingerprint density at radius 2 is 1.95 bits per heavy atom. The molecule has 2 aliphatic rings. The third kappa shape index (κ3) is 2.50. The molecule has 0 spiro atoms. The number of anilines is 2. The highest BCUT2D eigenvalue weighted by atomic mass is 16.6. The van der Waals surface area contributed by atoms with Crippen LogP contribution >= 0.6 is 0 Å². The number of benzene rings is 1. The molecule has 0 amide bonds. The van der Waals surface area contributed by atoms with Crippen molar-refractivity contribution in [3.05, 3.63) is 12.1 Å². The molecule has 0 radical (unpaired) electrons. The molecule has 0 bridgehead atoms. The SMILES string of the molecule is CN1CCCC(N(C)c2cc3c(cc2N)OCCO3)C1. The Kier molecular flexibility index (Phi) is 3.61. The average molecular weight is 277 g/mol. The van der Waals surface area contributed by atoms with Gasteiger partial charge in [0, 0.05) is 31.8 Å². The summed E-state index contributed by atoms with van der Waals surface area (Å²) in [5, 5.41) is 0. The maximum atomic E-state index is 6.20. The van der Waals surface area contributed by atoms with Gasteiger partial charge in [-0.25, -0.2) is 0 Å². The zero-order valence-electron chi connectivity index (χ0n) is 12.3. The first-order valence-corrected chi connectivity index (χ1v) is 7.25. The van der Waals surface area contributed by atoms with E-state index in [9.17, 15) is 0 Å². The van der Waals surface area contributed by atoms with Crippen molar-refractivity contribution in [2.75, 3.05) is 51.0 Å². The van der Waals surface area contributed by atoms with E-state index in [4.69, 9.17) is 15.2 Å². The zero-order valence-corrected chi connectivity index (χ0v) is 12.3. The summed E-state index contributed by atoms with van der Waals surface area (Å²) in [6.45, 7) is 3.45. The van der Waals surface area contributed by atoms with E-state index in [0.717, 1.165) is 29.4 Å². The summed E-state index contributed by atoms with van der Waals surface area (Å²) in [5.41, 5.74) is 7.99. The van der Waals surface area contributed by atoms with Gasteiger partial charge in [-0.1, -0.05) is 0 Å². The van der Waals surface area contributed by atoms with Crippen molar-refractivity contribution >= 4 is 11.4 Å². The largest absolute Gasteiger partial charge is 0.486 e. The molecular formula is C15H23N3O2. The molecule has 110 valence electrons. The summed E-state index contributed by atoms with van der Waals surface area (Å²) >= 11 is 0. The first-order valence-electron chi connectivity index (χ1n) is 7.25. The van der Waals surface area contributed by atoms with E-state index in [2.05, 4.69) is 23.9 Å². The van der Waals surface area contributed by atoms with E-state index in [0.29, 0.717) is 19.3 Å². The van der Waals surface area contributed by atoms with Crippen molar-refractivity contribution in [1.29, 1.82) is 0 Å². The van der Waals surface area contributed by atoms with Crippen LogP contribution in [0.1, 0.15) is 12.8 Å². The monoisotopic (exact) mass is 277 g/mol. The summed E-state index contributed by atoms with van der Waals surface area (Å²) in [7, 11) is 4.29. The number of piperidine rings is 1. The summed E-state index contributed by atoms with van der Waals surface area (Å²) in [6.07, 6.45) is 2.44. The molecule has 1 atom stereocenters.